The van der Waals surface area contributed by atoms with Gasteiger partial charge >= 0.3 is 0 Å². The molecule has 0 radical (unpaired) electrons. The van der Waals surface area contributed by atoms with E-state index in [2.05, 4.69) is 479 Å². The third-order valence-corrected chi connectivity index (χ3v) is 32.1. The predicted molar refractivity (Wildman–Crippen MR) is 649 cm³/mol. The minimum absolute atomic E-state index is 0. The molecule has 0 saturated carbocycles. The van der Waals surface area contributed by atoms with Crippen LogP contribution in [0.2, 0.25) is 39.3 Å². The van der Waals surface area contributed by atoms with Crippen LogP contribution in [0.1, 0.15) is 286 Å². The van der Waals surface area contributed by atoms with E-state index >= 15 is 0 Å². The number of halogens is 1. The highest BCUT2D eigenvalue weighted by Crippen LogP contribution is 2.58. The van der Waals surface area contributed by atoms with Gasteiger partial charge in [0.15, 0.2) is 0 Å². The molecule has 0 bridgehead atoms. The zero-order valence-corrected chi connectivity index (χ0v) is 94.3. The van der Waals surface area contributed by atoms with Crippen molar-refractivity contribution in [2.45, 2.75) is 313 Å². The summed E-state index contributed by atoms with van der Waals surface area (Å²) in [7, 11) is -2.64. The number of hydrogen-bond acceptors (Lipinski definition) is 3. The van der Waals surface area contributed by atoms with Gasteiger partial charge in [-0.05, 0) is 293 Å². The van der Waals surface area contributed by atoms with E-state index in [1.807, 2.05) is 0 Å². The van der Waals surface area contributed by atoms with E-state index in [1.165, 1.54) is 332 Å². The Balaban J connectivity index is 0.000000229. The number of hydrogen-bond donors (Lipinski definition) is 0. The summed E-state index contributed by atoms with van der Waals surface area (Å²) in [6.45, 7) is 41.5. The van der Waals surface area contributed by atoms with Crippen LogP contribution in [0.3, 0.4) is 0 Å². The van der Waals surface area contributed by atoms with Crippen molar-refractivity contribution in [1.82, 2.24) is 4.90 Å². The van der Waals surface area contributed by atoms with Crippen molar-refractivity contribution in [2.24, 2.45) is 0 Å². The van der Waals surface area contributed by atoms with Gasteiger partial charge in [-0.2, -0.15) is 0 Å². The Bertz CT molecular complexity index is 6200. The number of rotatable bonds is 43. The first-order valence-electron chi connectivity index (χ1n) is 55.3. The fraction of sp³-hybridized carbons (Fsp3) is 0.367. The first kappa shape index (κ1) is 112. The summed E-state index contributed by atoms with van der Waals surface area (Å²) in [5.41, 5.74) is 46.4. The number of benzene rings is 14. The van der Waals surface area contributed by atoms with E-state index in [-0.39, 0.29) is 18.3 Å². The number of unbranched alkanes of at least 4 members (excludes halogenated alkanes) is 20. The molecule has 16 rings (SSSR count). The molecule has 0 N–H and O–H groups in total. The predicted octanol–water partition coefficient (Wildman–Crippen LogP) is 42.6. The lowest BCUT2D eigenvalue weighted by atomic mass is 9.70. The first-order valence-corrected chi connectivity index (χ1v) is 63.1. The molecule has 0 fully saturated rings. The Morgan fingerprint density at radius 1 is 0.248 bits per heavy atom. The molecule has 756 valence electrons. The van der Waals surface area contributed by atoms with Gasteiger partial charge in [-0.3, -0.25) is 0 Å². The van der Waals surface area contributed by atoms with Crippen molar-refractivity contribution in [2.75, 3.05) is 29.4 Å². The molecule has 0 spiro atoms. The Morgan fingerprint density at radius 2 is 0.455 bits per heavy atom. The summed E-state index contributed by atoms with van der Waals surface area (Å²) in [5, 5.41) is 0. The standard InChI is InChI=1S/C66H75NSi.C61H66BrN.C6H15N.C5H10Si.CH4/c1-8-10-12-14-16-18-45-66(46-19-17-15-13-11-9-2)64-48-52(44-47-68(5,6)7)24-42-62(64)63-43-35-58(49-65(63)66)57-33-40-61(41-34-57)67(59-36-29-55(30-37-59)53-25-20-50(3)21-26-53)60-38-31-56(32-39-60)54-27-22-51(4)23-28-54;1-5-7-9-11-13-15-41-61(42-16-14-12-10-8-6-2)59-43-52(31-39-57(59)58-40-32-53(62)44-60(58)61)51-29-37-56(38-30-51)63(54-33-25-49(26-34-54)47-21-17-45(3)18-22-47)55-35-27-50(28-36-55)48-23-19-46(4)20-24-48;1-4-7(5-2)6-3;1-5-6(2,3)4;/h20-43,48-49H,8-19,45-46H2,1-7H3;17-40,43-44H,5-16,41-42H2,1-4H3;4-6H2,1-3H3;1H,2-4H3;1H4. The molecule has 6 heteroatoms. The summed E-state index contributed by atoms with van der Waals surface area (Å²) in [5.74, 6) is 3.67. The van der Waals surface area contributed by atoms with E-state index < -0.39 is 16.1 Å². The van der Waals surface area contributed by atoms with E-state index in [0.717, 1.165) is 34.1 Å². The third-order valence-electron chi connectivity index (χ3n) is 29.8. The van der Waals surface area contributed by atoms with E-state index in [4.69, 9.17) is 6.42 Å². The van der Waals surface area contributed by atoms with Gasteiger partial charge in [0, 0.05) is 55.0 Å². The van der Waals surface area contributed by atoms with Crippen molar-refractivity contribution in [1.29, 1.82) is 0 Å². The number of fused-ring (bicyclic) bond motifs is 6. The SMILES string of the molecule is C.C#C[Si](C)(C)C.CCCCCCCCC1(CCCCCCCC)c2cc(Br)ccc2-c2ccc(-c3ccc(N(c4ccc(-c5ccc(C)cc5)cc4)c4ccc(-c5ccc(C)cc5)cc4)cc3)cc21.CCCCCCCCC1(CCCCCCCC)c2cc(C#C[Si](C)(C)C)ccc2-c2ccc(-c3ccc(N(c4ccc(-c5ccc(C)cc5)cc4)c4ccc(-c5ccc(C)cc5)cc4)cc3)cc21.CCN(CC)CC. The quantitative estimate of drug-likeness (QED) is 0.0214. The highest BCUT2D eigenvalue weighted by molar-refractivity contribution is 9.10. The molecule has 0 saturated heterocycles. The van der Waals surface area contributed by atoms with E-state index in [1.54, 1.807) is 11.1 Å². The molecule has 0 heterocycles. The molecule has 0 atom stereocenters. The number of anilines is 6. The van der Waals surface area contributed by atoms with Crippen LogP contribution >= 0.6 is 15.9 Å². The van der Waals surface area contributed by atoms with Crippen LogP contribution in [-0.2, 0) is 10.8 Å². The second-order valence-corrected chi connectivity index (χ2v) is 53.6. The maximum Gasteiger partial charge on any atom is 0.129 e. The zero-order valence-electron chi connectivity index (χ0n) is 90.7. The molecule has 14 aromatic rings. The van der Waals surface area contributed by atoms with E-state index in [9.17, 15) is 0 Å². The lowest BCUT2D eigenvalue weighted by molar-refractivity contribution is 0.321. The Kier molecular flexibility index (Phi) is 43.0. The zero-order chi connectivity index (χ0) is 102. The minimum Gasteiger partial charge on any atom is -0.311 e. The van der Waals surface area contributed by atoms with Gasteiger partial charge in [0.2, 0.25) is 0 Å². The topological polar surface area (TPSA) is 9.72 Å². The smallest absolute Gasteiger partial charge is 0.129 e. The molecular weight excluding hydrogens is 1850 g/mol. The van der Waals surface area contributed by atoms with Gasteiger partial charge in [-0.25, -0.2) is 0 Å². The van der Waals surface area contributed by atoms with Gasteiger partial charge in [0.25, 0.3) is 0 Å². The lowest BCUT2D eigenvalue weighted by Gasteiger charge is -2.33. The number of nitrogens with zero attached hydrogens (tertiary/aromatic N) is 3. The highest BCUT2D eigenvalue weighted by atomic mass is 79.9. The first-order chi connectivity index (χ1) is 69.8. The van der Waals surface area contributed by atoms with Crippen LogP contribution in [0.15, 0.2) is 320 Å². The van der Waals surface area contributed by atoms with Crippen LogP contribution in [0, 0.1) is 51.1 Å². The van der Waals surface area contributed by atoms with E-state index in [0.29, 0.717) is 0 Å². The second kappa shape index (κ2) is 55.5. The van der Waals surface area contributed by atoms with Gasteiger partial charge in [0.05, 0.1) is 0 Å². The summed E-state index contributed by atoms with van der Waals surface area (Å²) >= 11 is 3.91. The maximum absolute atomic E-state index is 5.12. The summed E-state index contributed by atoms with van der Waals surface area (Å²) in [4.78, 5) is 7.17. The molecule has 14 aromatic carbocycles. The van der Waals surface area contributed by atoms with Crippen LogP contribution in [-0.4, -0.2) is 40.7 Å². The molecule has 0 aliphatic heterocycles. The molecule has 0 unspecified atom stereocenters. The van der Waals surface area contributed by atoms with Gasteiger partial charge in [-0.1, -0.05) is 500 Å². The number of terminal acetylenes is 1. The van der Waals surface area contributed by atoms with Gasteiger partial charge < -0.3 is 14.7 Å². The van der Waals surface area contributed by atoms with Crippen LogP contribution in [0.5, 0.6) is 0 Å². The van der Waals surface area contributed by atoms with Crippen molar-refractivity contribution >= 4 is 66.2 Å². The maximum atomic E-state index is 5.12. The van der Waals surface area contributed by atoms with Crippen LogP contribution in [0.4, 0.5) is 34.1 Å². The minimum atomic E-state index is -1.53. The molecule has 145 heavy (non-hydrogen) atoms. The fourth-order valence-electron chi connectivity index (χ4n) is 21.2. The summed E-state index contributed by atoms with van der Waals surface area (Å²) in [6, 6.07) is 119. The Hall–Kier alpha value is -11.3. The molecule has 3 nitrogen and oxygen atoms in total. The summed E-state index contributed by atoms with van der Waals surface area (Å²) < 4.78 is 1.19. The lowest BCUT2D eigenvalue weighted by Crippen LogP contribution is -2.26. The van der Waals surface area contributed by atoms with Gasteiger partial charge in [-0.15, -0.1) is 17.5 Å². The molecule has 2 aliphatic rings. The average Bonchev–Trinajstić information content (AvgIpc) is 1.56. The normalized spacial score (nSPS) is 12.3. The highest BCUT2D eigenvalue weighted by Gasteiger charge is 2.45. The molecule has 0 amide bonds. The van der Waals surface area contributed by atoms with Crippen LogP contribution < -0.4 is 9.80 Å². The third kappa shape index (κ3) is 30.7. The summed E-state index contributed by atoms with van der Waals surface area (Å²) in [6.07, 6.45) is 41.6. The molecule has 2 aliphatic carbocycles. The van der Waals surface area contributed by atoms with Crippen molar-refractivity contribution in [3.05, 3.63) is 370 Å². The van der Waals surface area contributed by atoms with Gasteiger partial charge in [0.1, 0.15) is 16.1 Å². The Labute approximate surface area is 889 Å². The van der Waals surface area contributed by atoms with Crippen molar-refractivity contribution in [3.63, 3.8) is 0 Å². The molecule has 0 aromatic heterocycles. The van der Waals surface area contributed by atoms with Crippen molar-refractivity contribution in [3.8, 4) is 112 Å². The fourth-order valence-corrected chi connectivity index (χ4v) is 22.1. The Morgan fingerprint density at radius 3 is 0.690 bits per heavy atom. The van der Waals surface area contributed by atoms with Crippen LogP contribution in [0.25, 0.3) is 89.0 Å². The average molecular weight is 2020 g/mol. The largest absolute Gasteiger partial charge is 0.311 e. The molecular formula is C139H170BrN3Si2. The second-order valence-electron chi connectivity index (χ2n) is 43.1. The number of aryl methyl sites for hydroxylation is 4. The monoisotopic (exact) mass is 2020 g/mol. The van der Waals surface area contributed by atoms with Crippen molar-refractivity contribution < 1.29 is 0 Å².